The van der Waals surface area contributed by atoms with Crippen LogP contribution in [0.2, 0.25) is 5.02 Å². The summed E-state index contributed by atoms with van der Waals surface area (Å²) in [5.41, 5.74) is 1.89. The molecule has 1 amide bonds. The van der Waals surface area contributed by atoms with Gasteiger partial charge in [-0.2, -0.15) is 0 Å². The van der Waals surface area contributed by atoms with Crippen LogP contribution in [0.4, 0.5) is 5.13 Å². The summed E-state index contributed by atoms with van der Waals surface area (Å²) in [4.78, 5) is 44.4. The highest BCUT2D eigenvalue weighted by atomic mass is 35.5. The molecular formula is C25H21ClN2O6S. The second kappa shape index (κ2) is 9.52. The highest BCUT2D eigenvalue weighted by Crippen LogP contribution is 2.44. The van der Waals surface area contributed by atoms with Crippen LogP contribution in [0.15, 0.2) is 48.0 Å². The van der Waals surface area contributed by atoms with Crippen molar-refractivity contribution in [2.45, 2.75) is 19.9 Å². The Morgan fingerprint density at radius 3 is 2.40 bits per heavy atom. The Balaban J connectivity index is 1.93. The molecule has 1 N–H and O–H groups in total. The number of rotatable bonds is 5. The summed E-state index contributed by atoms with van der Waals surface area (Å²) in [5, 5.41) is 11.9. The predicted molar refractivity (Wildman–Crippen MR) is 132 cm³/mol. The maximum absolute atomic E-state index is 13.3. The number of Topliss-reactive ketones (excluding diaryl/α,β-unsaturated/α-hetero) is 1. The van der Waals surface area contributed by atoms with Crippen LogP contribution >= 0.6 is 22.9 Å². The van der Waals surface area contributed by atoms with Gasteiger partial charge in [0.1, 0.15) is 16.4 Å². The van der Waals surface area contributed by atoms with Crippen molar-refractivity contribution >= 4 is 51.5 Å². The number of nitrogens with zero attached hydrogens (tertiary/aromatic N) is 2. The second-order valence-electron chi connectivity index (χ2n) is 7.81. The lowest BCUT2D eigenvalue weighted by Gasteiger charge is -2.23. The number of hydrogen-bond donors (Lipinski definition) is 1. The molecule has 1 aliphatic rings. The van der Waals surface area contributed by atoms with Gasteiger partial charge in [-0.05, 0) is 55.3 Å². The van der Waals surface area contributed by atoms with Crippen molar-refractivity contribution in [1.29, 1.82) is 0 Å². The number of ketones is 1. The minimum absolute atomic E-state index is 0.102. The Kier molecular flexibility index (Phi) is 6.64. The summed E-state index contributed by atoms with van der Waals surface area (Å²) in [5.74, 6) is -2.06. The summed E-state index contributed by atoms with van der Waals surface area (Å²) < 4.78 is 10.1. The standard InChI is InChI=1S/C25H21ClN2O6S/c1-12-11-15(7-10-17(12)33-3)20(29)18-19(14-5-8-16(26)9-6-14)28(23(31)21(18)30)25-27-13(2)22(35-25)24(32)34-4/h5-11,19,29H,1-4H3/t19-/m1/s1. The molecule has 4 rings (SSSR count). The number of amides is 1. The predicted octanol–water partition coefficient (Wildman–Crippen LogP) is 4.83. The van der Waals surface area contributed by atoms with Crippen LogP contribution < -0.4 is 9.64 Å². The van der Waals surface area contributed by atoms with Crippen molar-refractivity contribution in [3.8, 4) is 5.75 Å². The van der Waals surface area contributed by atoms with E-state index >= 15 is 0 Å². The molecular weight excluding hydrogens is 492 g/mol. The molecule has 1 aliphatic heterocycles. The first-order valence-electron chi connectivity index (χ1n) is 10.4. The number of aliphatic hydroxyl groups is 1. The third-order valence-electron chi connectivity index (χ3n) is 5.66. The van der Waals surface area contributed by atoms with Crippen LogP contribution in [-0.4, -0.2) is 42.0 Å². The Hall–Kier alpha value is -3.69. The van der Waals surface area contributed by atoms with Gasteiger partial charge >= 0.3 is 11.9 Å². The number of aryl methyl sites for hydroxylation is 2. The van der Waals surface area contributed by atoms with E-state index in [0.29, 0.717) is 27.6 Å². The van der Waals surface area contributed by atoms with E-state index in [4.69, 9.17) is 21.1 Å². The zero-order valence-corrected chi connectivity index (χ0v) is 20.9. The van der Waals surface area contributed by atoms with Crippen molar-refractivity contribution in [2.75, 3.05) is 19.1 Å². The van der Waals surface area contributed by atoms with Crippen molar-refractivity contribution in [1.82, 2.24) is 4.98 Å². The summed E-state index contributed by atoms with van der Waals surface area (Å²) in [6.07, 6.45) is 0. The smallest absolute Gasteiger partial charge is 0.350 e. The number of carbonyl (C=O) groups is 3. The molecule has 1 fully saturated rings. The molecule has 10 heteroatoms. The summed E-state index contributed by atoms with van der Waals surface area (Å²) in [6.45, 7) is 3.41. The summed E-state index contributed by atoms with van der Waals surface area (Å²) >= 11 is 7.00. The van der Waals surface area contributed by atoms with E-state index in [0.717, 1.165) is 16.9 Å². The maximum atomic E-state index is 13.3. The van der Waals surface area contributed by atoms with Gasteiger partial charge < -0.3 is 14.6 Å². The van der Waals surface area contributed by atoms with Crippen molar-refractivity contribution in [3.05, 3.63) is 80.3 Å². The number of esters is 1. The molecule has 180 valence electrons. The minimum atomic E-state index is -0.995. The number of carbonyl (C=O) groups excluding carboxylic acids is 3. The van der Waals surface area contributed by atoms with Crippen LogP contribution in [-0.2, 0) is 14.3 Å². The Labute approximate surface area is 210 Å². The zero-order valence-electron chi connectivity index (χ0n) is 19.3. The molecule has 0 aliphatic carbocycles. The fourth-order valence-electron chi connectivity index (χ4n) is 3.94. The van der Waals surface area contributed by atoms with Crippen LogP contribution in [0.25, 0.3) is 5.76 Å². The maximum Gasteiger partial charge on any atom is 0.350 e. The van der Waals surface area contributed by atoms with E-state index in [1.807, 2.05) is 0 Å². The first kappa shape index (κ1) is 24.4. The molecule has 8 nitrogen and oxygen atoms in total. The van der Waals surface area contributed by atoms with Crippen molar-refractivity contribution in [3.63, 3.8) is 0 Å². The van der Waals surface area contributed by atoms with Crippen molar-refractivity contribution < 1.29 is 29.0 Å². The van der Waals surface area contributed by atoms with Gasteiger partial charge in [0.2, 0.25) is 0 Å². The molecule has 0 unspecified atom stereocenters. The SMILES string of the molecule is COC(=O)c1sc(N2C(=O)C(=O)C(=C(O)c3ccc(OC)c(C)c3)[C@H]2c2ccc(Cl)cc2)nc1C. The van der Waals surface area contributed by atoms with Crippen molar-refractivity contribution in [2.24, 2.45) is 0 Å². The van der Waals surface area contributed by atoms with Crippen LogP contribution in [0.1, 0.15) is 38.1 Å². The number of benzene rings is 2. The number of hydrogen-bond acceptors (Lipinski definition) is 8. The largest absolute Gasteiger partial charge is 0.507 e. The van der Waals surface area contributed by atoms with Gasteiger partial charge in [-0.25, -0.2) is 9.78 Å². The molecule has 0 bridgehead atoms. The van der Waals surface area contributed by atoms with Crippen LogP contribution in [0.3, 0.4) is 0 Å². The number of aliphatic hydroxyl groups excluding tert-OH is 1. The lowest BCUT2D eigenvalue weighted by molar-refractivity contribution is -0.132. The molecule has 0 saturated carbocycles. The molecule has 1 atom stereocenters. The third kappa shape index (κ3) is 4.28. The van der Waals surface area contributed by atoms with Gasteiger partial charge in [0.05, 0.1) is 31.5 Å². The summed E-state index contributed by atoms with van der Waals surface area (Å²) in [7, 11) is 2.78. The number of halogens is 1. The van der Waals surface area contributed by atoms with E-state index in [9.17, 15) is 19.5 Å². The molecule has 0 spiro atoms. The molecule has 35 heavy (non-hydrogen) atoms. The molecule has 2 heterocycles. The number of aromatic nitrogens is 1. The molecule has 3 aromatic rings. The zero-order chi connectivity index (χ0) is 25.4. The average Bonchev–Trinajstić information content (AvgIpc) is 3.35. The first-order valence-corrected chi connectivity index (χ1v) is 11.6. The normalized spacial score (nSPS) is 17.1. The highest BCUT2D eigenvalue weighted by molar-refractivity contribution is 7.17. The van der Waals surface area contributed by atoms with Crippen LogP contribution in [0.5, 0.6) is 5.75 Å². The van der Waals surface area contributed by atoms with Gasteiger partial charge in [-0.1, -0.05) is 35.1 Å². The lowest BCUT2D eigenvalue weighted by Crippen LogP contribution is -2.29. The summed E-state index contributed by atoms with van der Waals surface area (Å²) in [6, 6.07) is 10.5. The van der Waals surface area contributed by atoms with Gasteiger partial charge in [-0.3, -0.25) is 14.5 Å². The number of ether oxygens (including phenoxy) is 2. The van der Waals surface area contributed by atoms with E-state index < -0.39 is 23.7 Å². The Morgan fingerprint density at radius 2 is 1.80 bits per heavy atom. The highest BCUT2D eigenvalue weighted by Gasteiger charge is 2.48. The van der Waals surface area contributed by atoms with E-state index in [2.05, 4.69) is 4.98 Å². The fourth-order valence-corrected chi connectivity index (χ4v) is 5.08. The molecule has 2 aromatic carbocycles. The van der Waals surface area contributed by atoms with Gasteiger partial charge in [0.25, 0.3) is 5.78 Å². The molecule has 1 aromatic heterocycles. The van der Waals surface area contributed by atoms with E-state index in [1.165, 1.54) is 19.1 Å². The number of methoxy groups -OCH3 is 2. The van der Waals surface area contributed by atoms with Crippen LogP contribution in [0, 0.1) is 13.8 Å². The van der Waals surface area contributed by atoms with Gasteiger partial charge in [0.15, 0.2) is 5.13 Å². The van der Waals surface area contributed by atoms with E-state index in [1.54, 1.807) is 56.3 Å². The average molecular weight is 513 g/mol. The Bertz CT molecular complexity index is 1380. The first-order chi connectivity index (χ1) is 16.7. The van der Waals surface area contributed by atoms with E-state index in [-0.39, 0.29) is 21.3 Å². The quantitative estimate of drug-likeness (QED) is 0.226. The Morgan fingerprint density at radius 1 is 1.11 bits per heavy atom. The van der Waals surface area contributed by atoms with Gasteiger partial charge in [0, 0.05) is 10.6 Å². The van der Waals surface area contributed by atoms with Gasteiger partial charge in [-0.15, -0.1) is 0 Å². The molecule has 1 saturated heterocycles. The number of thiazole rings is 1. The number of anilines is 1. The topological polar surface area (TPSA) is 106 Å². The fraction of sp³-hybridized carbons (Fsp3) is 0.200. The second-order valence-corrected chi connectivity index (χ2v) is 9.22. The monoisotopic (exact) mass is 512 g/mol. The lowest BCUT2D eigenvalue weighted by atomic mass is 9.95. The minimum Gasteiger partial charge on any atom is -0.507 e. The third-order valence-corrected chi connectivity index (χ3v) is 7.05. The molecule has 0 radical (unpaired) electrons.